The molecule has 1 rings (SSSR count). The zero-order chi connectivity index (χ0) is 18.3. The first-order chi connectivity index (χ1) is 11.1. The maximum atomic E-state index is 12.1. The van der Waals surface area contributed by atoms with Gasteiger partial charge in [0.1, 0.15) is 0 Å². The summed E-state index contributed by atoms with van der Waals surface area (Å²) < 4.78 is 31.2. The van der Waals surface area contributed by atoms with Crippen LogP contribution < -0.4 is 4.72 Å². The number of aliphatic carboxylic acids is 1. The van der Waals surface area contributed by atoms with Crippen LogP contribution in [0.2, 0.25) is 0 Å². The number of rotatable bonds is 9. The van der Waals surface area contributed by atoms with E-state index < -0.39 is 27.9 Å². The summed E-state index contributed by atoms with van der Waals surface area (Å²) >= 11 is 0. The molecule has 0 bridgehead atoms. The molecule has 0 radical (unpaired) electrons. The predicted molar refractivity (Wildman–Crippen MR) is 89.0 cm³/mol. The van der Waals surface area contributed by atoms with Crippen molar-refractivity contribution in [2.45, 2.75) is 26.0 Å². The Labute approximate surface area is 142 Å². The number of hydrogen-bond donors (Lipinski definition) is 2. The molecule has 0 saturated heterocycles. The Morgan fingerprint density at radius 3 is 2.50 bits per heavy atom. The number of hydrogen-bond acceptors (Lipinski definition) is 5. The van der Waals surface area contributed by atoms with Crippen molar-refractivity contribution in [1.82, 2.24) is 4.72 Å². The van der Waals surface area contributed by atoms with Crippen molar-refractivity contribution in [2.24, 2.45) is 11.8 Å². The van der Waals surface area contributed by atoms with Gasteiger partial charge in [-0.1, -0.05) is 26.0 Å². The van der Waals surface area contributed by atoms with Gasteiger partial charge >= 0.3 is 11.9 Å². The van der Waals surface area contributed by atoms with Crippen LogP contribution in [-0.2, 0) is 25.3 Å². The van der Waals surface area contributed by atoms with E-state index in [1.165, 1.54) is 19.2 Å². The third-order valence-corrected chi connectivity index (χ3v) is 4.68. The summed E-state index contributed by atoms with van der Waals surface area (Å²) in [4.78, 5) is 22.6. The van der Waals surface area contributed by atoms with E-state index in [-0.39, 0.29) is 23.8 Å². The molecule has 1 unspecified atom stereocenters. The van der Waals surface area contributed by atoms with E-state index >= 15 is 0 Å². The fourth-order valence-corrected chi connectivity index (χ4v) is 3.42. The predicted octanol–water partition coefficient (Wildman–Crippen LogP) is 1.64. The van der Waals surface area contributed by atoms with Crippen LogP contribution in [0.4, 0.5) is 0 Å². The van der Waals surface area contributed by atoms with E-state index in [9.17, 15) is 18.0 Å². The quantitative estimate of drug-likeness (QED) is 0.650. The second-order valence-electron chi connectivity index (χ2n) is 5.96. The minimum atomic E-state index is -3.71. The van der Waals surface area contributed by atoms with Crippen LogP contribution in [0.1, 0.15) is 36.2 Å². The molecule has 0 amide bonds. The number of carbonyl (C=O) groups is 2. The lowest BCUT2D eigenvalue weighted by Gasteiger charge is -2.15. The van der Waals surface area contributed by atoms with Crippen LogP contribution in [0.3, 0.4) is 0 Å². The molecular formula is C16H23NO6S. The number of carbonyl (C=O) groups excluding carboxylic acids is 1. The average molecular weight is 357 g/mol. The Morgan fingerprint density at radius 2 is 1.96 bits per heavy atom. The summed E-state index contributed by atoms with van der Waals surface area (Å²) in [6.07, 6.45) is 0.385. The monoisotopic (exact) mass is 357 g/mol. The normalized spacial score (nSPS) is 12.8. The van der Waals surface area contributed by atoms with Gasteiger partial charge in [-0.15, -0.1) is 0 Å². The molecule has 0 spiro atoms. The molecule has 7 nitrogen and oxygen atoms in total. The van der Waals surface area contributed by atoms with Crippen LogP contribution in [0.5, 0.6) is 0 Å². The summed E-state index contributed by atoms with van der Waals surface area (Å²) in [5.74, 6) is -2.55. The Balaban J connectivity index is 2.76. The van der Waals surface area contributed by atoms with Gasteiger partial charge < -0.3 is 9.84 Å². The number of esters is 1. The molecule has 0 aliphatic carbocycles. The van der Waals surface area contributed by atoms with Crippen molar-refractivity contribution >= 4 is 22.0 Å². The second-order valence-corrected chi connectivity index (χ2v) is 7.77. The first-order valence-corrected chi connectivity index (χ1v) is 9.17. The highest BCUT2D eigenvalue weighted by molar-refractivity contribution is 7.88. The summed E-state index contributed by atoms with van der Waals surface area (Å²) in [7, 11) is -2.47. The molecule has 0 aliphatic heterocycles. The Bertz CT molecular complexity index is 684. The SMILES string of the molecule is COC(=O)c1cccc(CS(=O)(=O)NCC(CC(C)C)C(=O)O)c1. The molecule has 0 aromatic heterocycles. The highest BCUT2D eigenvalue weighted by Gasteiger charge is 2.22. The van der Waals surface area contributed by atoms with Crippen molar-refractivity contribution in [3.05, 3.63) is 35.4 Å². The van der Waals surface area contributed by atoms with E-state index in [0.29, 0.717) is 12.0 Å². The topological polar surface area (TPSA) is 110 Å². The number of carboxylic acid groups (broad SMARTS) is 1. The van der Waals surface area contributed by atoms with Crippen LogP contribution in [0.15, 0.2) is 24.3 Å². The smallest absolute Gasteiger partial charge is 0.337 e. The first-order valence-electron chi connectivity index (χ1n) is 7.52. The lowest BCUT2D eigenvalue weighted by molar-refractivity contribution is -0.142. The first kappa shape index (κ1) is 20.1. The van der Waals surface area contributed by atoms with Gasteiger partial charge in [0.05, 0.1) is 24.3 Å². The van der Waals surface area contributed by atoms with E-state index in [1.54, 1.807) is 12.1 Å². The maximum Gasteiger partial charge on any atom is 0.337 e. The van der Waals surface area contributed by atoms with Gasteiger partial charge in [0.2, 0.25) is 10.0 Å². The van der Waals surface area contributed by atoms with Crippen molar-refractivity contribution in [1.29, 1.82) is 0 Å². The van der Waals surface area contributed by atoms with Crippen LogP contribution in [0.25, 0.3) is 0 Å². The lowest BCUT2D eigenvalue weighted by atomic mass is 9.98. The van der Waals surface area contributed by atoms with Gasteiger partial charge in [-0.3, -0.25) is 4.79 Å². The van der Waals surface area contributed by atoms with E-state index in [0.717, 1.165) is 0 Å². The number of methoxy groups -OCH3 is 1. The Hall–Kier alpha value is -1.93. The Kier molecular flexibility index (Phi) is 7.37. The summed E-state index contributed by atoms with van der Waals surface area (Å²) in [6.45, 7) is 3.60. The van der Waals surface area contributed by atoms with Crippen LogP contribution in [0, 0.1) is 11.8 Å². The molecule has 0 aliphatic rings. The molecule has 0 heterocycles. The van der Waals surface area contributed by atoms with Crippen molar-refractivity contribution in [3.8, 4) is 0 Å². The van der Waals surface area contributed by atoms with Gasteiger partial charge in [0.15, 0.2) is 0 Å². The highest BCUT2D eigenvalue weighted by atomic mass is 32.2. The van der Waals surface area contributed by atoms with E-state index in [1.807, 2.05) is 13.8 Å². The van der Waals surface area contributed by atoms with Crippen LogP contribution >= 0.6 is 0 Å². The lowest BCUT2D eigenvalue weighted by Crippen LogP contribution is -2.34. The molecule has 1 aromatic rings. The van der Waals surface area contributed by atoms with E-state index in [2.05, 4.69) is 9.46 Å². The Morgan fingerprint density at radius 1 is 1.29 bits per heavy atom. The fraction of sp³-hybridized carbons (Fsp3) is 0.500. The highest BCUT2D eigenvalue weighted by Crippen LogP contribution is 2.13. The third-order valence-electron chi connectivity index (χ3n) is 3.36. The van der Waals surface area contributed by atoms with Gasteiger partial charge in [-0.05, 0) is 30.0 Å². The molecule has 8 heteroatoms. The fourth-order valence-electron chi connectivity index (χ4n) is 2.24. The molecule has 0 fully saturated rings. The summed E-state index contributed by atoms with van der Waals surface area (Å²) in [5, 5.41) is 9.15. The van der Waals surface area contributed by atoms with Crippen molar-refractivity contribution < 1.29 is 27.9 Å². The molecule has 0 saturated carbocycles. The number of sulfonamides is 1. The standard InChI is InChI=1S/C16H23NO6S/c1-11(2)7-14(15(18)19)9-17-24(21,22)10-12-5-4-6-13(8-12)16(20)23-3/h4-6,8,11,14,17H,7,9-10H2,1-3H3,(H,18,19). The molecular weight excluding hydrogens is 334 g/mol. The van der Waals surface area contributed by atoms with Gasteiger partial charge in [0, 0.05) is 6.54 Å². The average Bonchev–Trinajstić information content (AvgIpc) is 2.49. The molecule has 24 heavy (non-hydrogen) atoms. The van der Waals surface area contributed by atoms with Gasteiger partial charge in [0.25, 0.3) is 0 Å². The molecule has 134 valence electrons. The van der Waals surface area contributed by atoms with E-state index in [4.69, 9.17) is 5.11 Å². The molecule has 1 aromatic carbocycles. The van der Waals surface area contributed by atoms with Gasteiger partial charge in [-0.2, -0.15) is 0 Å². The number of benzene rings is 1. The van der Waals surface area contributed by atoms with Crippen LogP contribution in [-0.4, -0.2) is 39.1 Å². The van der Waals surface area contributed by atoms with Gasteiger partial charge in [-0.25, -0.2) is 17.9 Å². The second kappa shape index (κ2) is 8.79. The number of carboxylic acids is 1. The summed E-state index contributed by atoms with van der Waals surface area (Å²) in [5.41, 5.74) is 0.676. The number of nitrogens with one attached hydrogen (secondary N) is 1. The van der Waals surface area contributed by atoms with Crippen molar-refractivity contribution in [3.63, 3.8) is 0 Å². The maximum absolute atomic E-state index is 12.1. The largest absolute Gasteiger partial charge is 0.481 e. The van der Waals surface area contributed by atoms with Crippen molar-refractivity contribution in [2.75, 3.05) is 13.7 Å². The molecule has 2 N–H and O–H groups in total. The minimum Gasteiger partial charge on any atom is -0.481 e. The summed E-state index contributed by atoms with van der Waals surface area (Å²) in [6, 6.07) is 6.11. The molecule has 1 atom stereocenters. The zero-order valence-corrected chi connectivity index (χ0v) is 14.8. The number of ether oxygens (including phenoxy) is 1. The zero-order valence-electron chi connectivity index (χ0n) is 14.0. The third kappa shape index (κ3) is 6.67. The minimum absolute atomic E-state index is 0.146.